The van der Waals surface area contributed by atoms with Crippen LogP contribution in [-0.4, -0.2) is 12.3 Å². The lowest BCUT2D eigenvalue weighted by Crippen LogP contribution is -2.16. The summed E-state index contributed by atoms with van der Waals surface area (Å²) < 4.78 is 0. The lowest BCUT2D eigenvalue weighted by atomic mass is 9.95. The number of aliphatic imine (C=N–C) groups is 1. The minimum absolute atomic E-state index is 0.0876. The zero-order chi connectivity index (χ0) is 8.20. The van der Waals surface area contributed by atoms with Crippen molar-refractivity contribution in [2.45, 2.75) is 46.1 Å². The van der Waals surface area contributed by atoms with Crippen LogP contribution in [0.25, 0.3) is 0 Å². The van der Waals surface area contributed by atoms with Crippen molar-refractivity contribution >= 4 is 6.72 Å². The lowest BCUT2D eigenvalue weighted by molar-refractivity contribution is 0.419. The Bertz CT molecular complexity index is 103. The Morgan fingerprint density at radius 3 is 2.20 bits per heavy atom. The van der Waals surface area contributed by atoms with Crippen LogP contribution in [0.15, 0.2) is 4.99 Å². The van der Waals surface area contributed by atoms with Crippen molar-refractivity contribution in [1.82, 2.24) is 0 Å². The predicted molar refractivity (Wildman–Crippen MR) is 47.7 cm³/mol. The number of hydrogen-bond acceptors (Lipinski definition) is 1. The Hall–Kier alpha value is -0.330. The highest BCUT2D eigenvalue weighted by Crippen LogP contribution is 2.18. The van der Waals surface area contributed by atoms with Crippen LogP contribution < -0.4 is 0 Å². The van der Waals surface area contributed by atoms with Crippen molar-refractivity contribution in [3.63, 3.8) is 0 Å². The Morgan fingerprint density at radius 2 is 1.90 bits per heavy atom. The largest absolute Gasteiger partial charge is 0.295 e. The molecule has 0 spiro atoms. The van der Waals surface area contributed by atoms with Crippen molar-refractivity contribution in [3.05, 3.63) is 0 Å². The van der Waals surface area contributed by atoms with Crippen molar-refractivity contribution < 1.29 is 0 Å². The summed E-state index contributed by atoms with van der Waals surface area (Å²) in [5.74, 6) is 0.779. The topological polar surface area (TPSA) is 12.4 Å². The number of rotatable bonds is 4. The van der Waals surface area contributed by atoms with E-state index >= 15 is 0 Å². The van der Waals surface area contributed by atoms with E-state index in [9.17, 15) is 0 Å². The van der Waals surface area contributed by atoms with Gasteiger partial charge < -0.3 is 0 Å². The Kier molecular flexibility index (Phi) is 3.62. The van der Waals surface area contributed by atoms with Gasteiger partial charge in [-0.25, -0.2) is 0 Å². The Balaban J connectivity index is 3.56. The van der Waals surface area contributed by atoms with Crippen LogP contribution in [0.4, 0.5) is 0 Å². The summed E-state index contributed by atoms with van der Waals surface area (Å²) in [5.41, 5.74) is 0.0876. The summed E-state index contributed by atoms with van der Waals surface area (Å²) in [5, 5.41) is 0. The first kappa shape index (κ1) is 9.67. The minimum Gasteiger partial charge on any atom is -0.295 e. The van der Waals surface area contributed by atoms with Crippen molar-refractivity contribution in [1.29, 1.82) is 0 Å². The van der Waals surface area contributed by atoms with Crippen LogP contribution in [0.5, 0.6) is 0 Å². The standard InChI is InChI=1S/C9H19N/c1-8(2)6-7-9(3,4)10-5/h8H,5-7H2,1-4H3. The van der Waals surface area contributed by atoms with Gasteiger partial charge >= 0.3 is 0 Å². The molecule has 0 fully saturated rings. The normalized spacial score (nSPS) is 12.1. The summed E-state index contributed by atoms with van der Waals surface area (Å²) >= 11 is 0. The minimum atomic E-state index is 0.0876. The second-order valence-electron chi connectivity index (χ2n) is 3.90. The molecule has 0 aromatic rings. The zero-order valence-electron chi connectivity index (χ0n) is 7.65. The molecule has 0 rings (SSSR count). The summed E-state index contributed by atoms with van der Waals surface area (Å²) in [6, 6.07) is 0. The van der Waals surface area contributed by atoms with Gasteiger partial charge in [0.1, 0.15) is 0 Å². The molecule has 0 aromatic carbocycles. The van der Waals surface area contributed by atoms with E-state index in [0.29, 0.717) is 0 Å². The molecule has 0 N–H and O–H groups in total. The molecule has 0 unspecified atom stereocenters. The fourth-order valence-corrected chi connectivity index (χ4v) is 0.721. The van der Waals surface area contributed by atoms with Gasteiger partial charge in [-0.1, -0.05) is 13.8 Å². The first-order chi connectivity index (χ1) is 4.48. The molecule has 10 heavy (non-hydrogen) atoms. The number of nitrogens with zero attached hydrogens (tertiary/aromatic N) is 1. The molecule has 0 aliphatic rings. The van der Waals surface area contributed by atoms with E-state index in [-0.39, 0.29) is 5.54 Å². The van der Waals surface area contributed by atoms with Crippen LogP contribution in [0.3, 0.4) is 0 Å². The van der Waals surface area contributed by atoms with Crippen LogP contribution >= 0.6 is 0 Å². The lowest BCUT2D eigenvalue weighted by Gasteiger charge is -2.19. The average Bonchev–Trinajstić information content (AvgIpc) is 1.85. The van der Waals surface area contributed by atoms with E-state index in [4.69, 9.17) is 0 Å². The first-order valence-electron chi connectivity index (χ1n) is 3.96. The molecule has 0 atom stereocenters. The van der Waals surface area contributed by atoms with E-state index in [2.05, 4.69) is 39.4 Å². The van der Waals surface area contributed by atoms with Crippen molar-refractivity contribution in [2.24, 2.45) is 10.9 Å². The molecule has 0 aromatic heterocycles. The highest BCUT2D eigenvalue weighted by molar-refractivity contribution is 5.25. The van der Waals surface area contributed by atoms with Crippen LogP contribution in [0.1, 0.15) is 40.5 Å². The summed E-state index contributed by atoms with van der Waals surface area (Å²) in [6.07, 6.45) is 2.39. The maximum absolute atomic E-state index is 4.04. The van der Waals surface area contributed by atoms with E-state index in [1.165, 1.54) is 6.42 Å². The van der Waals surface area contributed by atoms with Gasteiger partial charge in [0.05, 0.1) is 5.54 Å². The Labute approximate surface area is 64.6 Å². The predicted octanol–water partition coefficient (Wildman–Crippen LogP) is 2.90. The van der Waals surface area contributed by atoms with Crippen molar-refractivity contribution in [2.75, 3.05) is 0 Å². The fraction of sp³-hybridized carbons (Fsp3) is 0.889. The third-order valence-corrected chi connectivity index (χ3v) is 1.76. The van der Waals surface area contributed by atoms with Crippen molar-refractivity contribution in [3.8, 4) is 0 Å². The molecule has 0 aliphatic carbocycles. The molecule has 60 valence electrons. The molecule has 0 radical (unpaired) electrons. The monoisotopic (exact) mass is 141 g/mol. The molecular weight excluding hydrogens is 122 g/mol. The van der Waals surface area contributed by atoms with Gasteiger partial charge in [0.15, 0.2) is 0 Å². The van der Waals surface area contributed by atoms with E-state index in [1.54, 1.807) is 0 Å². The quantitative estimate of drug-likeness (QED) is 0.534. The molecule has 0 saturated heterocycles. The molecule has 0 aliphatic heterocycles. The first-order valence-corrected chi connectivity index (χ1v) is 3.96. The second kappa shape index (κ2) is 3.75. The summed E-state index contributed by atoms with van der Waals surface area (Å²) in [7, 11) is 0. The smallest absolute Gasteiger partial charge is 0.0545 e. The number of hydrogen-bond donors (Lipinski definition) is 0. The maximum atomic E-state index is 4.04. The molecule has 0 heterocycles. The molecule has 0 bridgehead atoms. The second-order valence-corrected chi connectivity index (χ2v) is 3.90. The fourth-order valence-electron chi connectivity index (χ4n) is 0.721. The zero-order valence-corrected chi connectivity index (χ0v) is 7.65. The highest BCUT2D eigenvalue weighted by atomic mass is 14.8. The van der Waals surface area contributed by atoms with Gasteiger partial charge in [-0.15, -0.1) is 0 Å². The van der Waals surface area contributed by atoms with Gasteiger partial charge in [0.2, 0.25) is 0 Å². The molecule has 0 saturated carbocycles. The molecular formula is C9H19N. The summed E-state index contributed by atoms with van der Waals surface area (Å²) in [6.45, 7) is 12.3. The van der Waals surface area contributed by atoms with Gasteiger partial charge in [-0.2, -0.15) is 0 Å². The summed E-state index contributed by atoms with van der Waals surface area (Å²) in [4.78, 5) is 4.04. The maximum Gasteiger partial charge on any atom is 0.0545 e. The Morgan fingerprint density at radius 1 is 1.40 bits per heavy atom. The molecule has 1 nitrogen and oxygen atoms in total. The highest BCUT2D eigenvalue weighted by Gasteiger charge is 2.13. The van der Waals surface area contributed by atoms with Gasteiger partial charge in [0, 0.05) is 0 Å². The molecule has 1 heteroatoms. The van der Waals surface area contributed by atoms with E-state index < -0.39 is 0 Å². The van der Waals surface area contributed by atoms with Gasteiger partial charge in [-0.3, -0.25) is 4.99 Å². The van der Waals surface area contributed by atoms with E-state index in [1.807, 2.05) is 0 Å². The van der Waals surface area contributed by atoms with E-state index in [0.717, 1.165) is 12.3 Å². The third kappa shape index (κ3) is 4.54. The third-order valence-electron chi connectivity index (χ3n) is 1.76. The van der Waals surface area contributed by atoms with Crippen LogP contribution in [-0.2, 0) is 0 Å². The molecule has 0 amide bonds. The van der Waals surface area contributed by atoms with Gasteiger partial charge in [0.25, 0.3) is 0 Å². The SMILES string of the molecule is C=NC(C)(C)CCC(C)C. The van der Waals surface area contributed by atoms with Crippen LogP contribution in [0.2, 0.25) is 0 Å². The van der Waals surface area contributed by atoms with Crippen LogP contribution in [0, 0.1) is 5.92 Å². The van der Waals surface area contributed by atoms with Gasteiger partial charge in [-0.05, 0) is 39.3 Å². The average molecular weight is 141 g/mol.